The largest absolute Gasteiger partial charge is 0.352 e. The van der Waals surface area contributed by atoms with E-state index in [4.69, 9.17) is 0 Å². The van der Waals surface area contributed by atoms with Crippen molar-refractivity contribution in [2.75, 3.05) is 0 Å². The Labute approximate surface area is 191 Å². The lowest BCUT2D eigenvalue weighted by Crippen LogP contribution is -2.31. The maximum atomic E-state index is 12.7. The number of hydrogen-bond donors (Lipinski definition) is 2. The van der Waals surface area contributed by atoms with Crippen molar-refractivity contribution < 1.29 is 13.2 Å². The molecule has 0 fully saturated rings. The molecule has 32 heavy (non-hydrogen) atoms. The van der Waals surface area contributed by atoms with Gasteiger partial charge in [0, 0.05) is 30.4 Å². The molecule has 0 saturated carbocycles. The predicted octanol–water partition coefficient (Wildman–Crippen LogP) is 2.61. The summed E-state index contributed by atoms with van der Waals surface area (Å²) in [6.07, 6.45) is 1.65. The van der Waals surface area contributed by atoms with Crippen LogP contribution in [0, 0.1) is 13.8 Å². The van der Waals surface area contributed by atoms with Crippen LogP contribution in [0.2, 0.25) is 0 Å². The van der Waals surface area contributed by atoms with Crippen LogP contribution < -0.4 is 15.6 Å². The summed E-state index contributed by atoms with van der Waals surface area (Å²) in [6.45, 7) is 8.01. The van der Waals surface area contributed by atoms with Gasteiger partial charge in [-0.15, -0.1) is 11.3 Å². The van der Waals surface area contributed by atoms with Crippen molar-refractivity contribution in [3.63, 3.8) is 0 Å². The average molecular weight is 477 g/mol. The lowest BCUT2D eigenvalue weighted by molar-refractivity contribution is -0.121. The van der Waals surface area contributed by atoms with Crippen LogP contribution in [-0.4, -0.2) is 29.9 Å². The number of nitrogens with one attached hydrogen (secondary N) is 2. The van der Waals surface area contributed by atoms with E-state index in [1.165, 1.54) is 22.2 Å². The maximum Gasteiger partial charge on any atom is 0.262 e. The lowest BCUT2D eigenvalue weighted by Gasteiger charge is -2.10. The van der Waals surface area contributed by atoms with Crippen molar-refractivity contribution >= 4 is 37.5 Å². The Morgan fingerprint density at radius 3 is 2.47 bits per heavy atom. The third-order valence-electron chi connectivity index (χ3n) is 5.02. The van der Waals surface area contributed by atoms with Crippen LogP contribution in [-0.2, 0) is 33.7 Å². The van der Waals surface area contributed by atoms with Crippen LogP contribution in [0.3, 0.4) is 0 Å². The van der Waals surface area contributed by atoms with Gasteiger partial charge in [0.05, 0.1) is 17.5 Å². The van der Waals surface area contributed by atoms with E-state index in [-0.39, 0.29) is 36.2 Å². The van der Waals surface area contributed by atoms with E-state index in [2.05, 4.69) is 15.0 Å². The minimum absolute atomic E-state index is 0.0892. The number of carbonyl (C=O) groups excluding carboxylic acids is 1. The highest BCUT2D eigenvalue weighted by Crippen LogP contribution is 2.25. The van der Waals surface area contributed by atoms with Gasteiger partial charge in [-0.1, -0.05) is 24.3 Å². The van der Waals surface area contributed by atoms with Gasteiger partial charge in [0.2, 0.25) is 15.9 Å². The second-order valence-electron chi connectivity index (χ2n) is 8.08. The van der Waals surface area contributed by atoms with E-state index in [0.717, 1.165) is 20.8 Å². The van der Waals surface area contributed by atoms with Crippen LogP contribution in [0.1, 0.15) is 41.8 Å². The number of rotatable bonds is 9. The first kappa shape index (κ1) is 24.1. The van der Waals surface area contributed by atoms with Crippen molar-refractivity contribution in [1.29, 1.82) is 0 Å². The summed E-state index contributed by atoms with van der Waals surface area (Å²) >= 11 is 1.50. The molecule has 0 saturated heterocycles. The molecule has 1 aromatic carbocycles. The highest BCUT2D eigenvalue weighted by molar-refractivity contribution is 7.88. The Morgan fingerprint density at radius 1 is 1.16 bits per heavy atom. The molecule has 0 aliphatic rings. The Morgan fingerprint density at radius 2 is 1.81 bits per heavy atom. The first-order valence-corrected chi connectivity index (χ1v) is 12.8. The maximum absolute atomic E-state index is 12.7. The molecule has 2 heterocycles. The third-order valence-corrected chi connectivity index (χ3v) is 7.68. The Balaban J connectivity index is 1.53. The zero-order valence-electron chi connectivity index (χ0n) is 18.6. The van der Waals surface area contributed by atoms with E-state index in [1.54, 1.807) is 38.1 Å². The van der Waals surface area contributed by atoms with Crippen LogP contribution in [0.5, 0.6) is 0 Å². The molecule has 1 amide bonds. The Kier molecular flexibility index (Phi) is 7.47. The molecule has 0 bridgehead atoms. The minimum Gasteiger partial charge on any atom is -0.352 e. The first-order valence-electron chi connectivity index (χ1n) is 10.4. The number of amides is 1. The van der Waals surface area contributed by atoms with E-state index < -0.39 is 10.0 Å². The van der Waals surface area contributed by atoms with Gasteiger partial charge >= 0.3 is 0 Å². The second-order valence-corrected chi connectivity index (χ2v) is 11.0. The number of fused-ring (bicyclic) bond motifs is 1. The molecule has 2 aromatic heterocycles. The monoisotopic (exact) mass is 476 g/mol. The predicted molar refractivity (Wildman–Crippen MR) is 127 cm³/mol. The molecule has 172 valence electrons. The zero-order chi connectivity index (χ0) is 23.5. The fourth-order valence-electron chi connectivity index (χ4n) is 3.31. The van der Waals surface area contributed by atoms with Gasteiger partial charge in [-0.25, -0.2) is 18.1 Å². The normalized spacial score (nSPS) is 11.9. The quantitative estimate of drug-likeness (QED) is 0.493. The molecule has 3 aromatic rings. The molecule has 0 unspecified atom stereocenters. The van der Waals surface area contributed by atoms with Gasteiger partial charge in [0.25, 0.3) is 5.56 Å². The fourth-order valence-corrected chi connectivity index (χ4v) is 5.73. The summed E-state index contributed by atoms with van der Waals surface area (Å²) in [5.41, 5.74) is 2.36. The summed E-state index contributed by atoms with van der Waals surface area (Å²) in [5.74, 6) is -0.267. The van der Waals surface area contributed by atoms with E-state index in [1.807, 2.05) is 13.8 Å². The molecule has 0 aliphatic heterocycles. The van der Waals surface area contributed by atoms with Gasteiger partial charge in [-0.2, -0.15) is 0 Å². The van der Waals surface area contributed by atoms with Gasteiger partial charge in [-0.05, 0) is 44.4 Å². The van der Waals surface area contributed by atoms with Crippen molar-refractivity contribution in [2.45, 2.75) is 59.0 Å². The number of nitrogens with zero attached hydrogens (tertiary/aromatic N) is 2. The summed E-state index contributed by atoms with van der Waals surface area (Å²) in [5, 5.41) is 3.46. The first-order chi connectivity index (χ1) is 15.1. The topological polar surface area (TPSA) is 110 Å². The van der Waals surface area contributed by atoms with Gasteiger partial charge < -0.3 is 5.32 Å². The fraction of sp³-hybridized carbons (Fsp3) is 0.409. The number of aromatic nitrogens is 2. The Hall–Kier alpha value is -2.56. The SMILES string of the molecule is Cc1sc2ncn(CCC(=O)NCc3ccc(CS(=O)(=O)NC(C)C)cc3)c(=O)c2c1C. The van der Waals surface area contributed by atoms with Gasteiger partial charge in [0.1, 0.15) is 4.83 Å². The molecule has 10 heteroatoms. The number of hydrogen-bond acceptors (Lipinski definition) is 6. The summed E-state index contributed by atoms with van der Waals surface area (Å²) in [6, 6.07) is 6.93. The highest BCUT2D eigenvalue weighted by atomic mass is 32.2. The van der Waals surface area contributed by atoms with Crippen molar-refractivity contribution in [3.05, 3.63) is 62.5 Å². The molecule has 3 rings (SSSR count). The summed E-state index contributed by atoms with van der Waals surface area (Å²) in [7, 11) is -3.38. The molecule has 0 aliphatic carbocycles. The highest BCUT2D eigenvalue weighted by Gasteiger charge is 2.14. The minimum atomic E-state index is -3.38. The van der Waals surface area contributed by atoms with Crippen LogP contribution >= 0.6 is 11.3 Å². The number of carbonyl (C=O) groups is 1. The molecule has 2 N–H and O–H groups in total. The van der Waals surface area contributed by atoms with Crippen LogP contribution in [0.25, 0.3) is 10.2 Å². The molecular weight excluding hydrogens is 448 g/mol. The van der Waals surface area contributed by atoms with Crippen molar-refractivity contribution in [2.24, 2.45) is 0 Å². The number of thiophene rings is 1. The molecule has 0 spiro atoms. The van der Waals surface area contributed by atoms with Crippen molar-refractivity contribution in [1.82, 2.24) is 19.6 Å². The number of benzene rings is 1. The zero-order valence-corrected chi connectivity index (χ0v) is 20.3. The summed E-state index contributed by atoms with van der Waals surface area (Å²) < 4.78 is 28.1. The molecule has 0 atom stereocenters. The molecule has 0 radical (unpaired) electrons. The Bertz CT molecular complexity index is 1280. The third kappa shape index (κ3) is 6.02. The van der Waals surface area contributed by atoms with Gasteiger partial charge in [0.15, 0.2) is 0 Å². The standard InChI is InChI=1S/C22H28N4O4S2/c1-14(2)25-32(29,30)12-18-7-5-17(6-8-18)11-23-19(27)9-10-26-13-24-21-20(22(26)28)15(3)16(4)31-21/h5-8,13-14,25H,9-12H2,1-4H3,(H,23,27). The van der Waals surface area contributed by atoms with Crippen LogP contribution in [0.4, 0.5) is 0 Å². The number of sulfonamides is 1. The molecular formula is C22H28N4O4S2. The van der Waals surface area contributed by atoms with E-state index in [9.17, 15) is 18.0 Å². The smallest absolute Gasteiger partial charge is 0.262 e. The molecule has 8 nitrogen and oxygen atoms in total. The lowest BCUT2D eigenvalue weighted by atomic mass is 10.1. The number of aryl methyl sites for hydroxylation is 3. The van der Waals surface area contributed by atoms with Gasteiger partial charge in [-0.3, -0.25) is 14.2 Å². The van der Waals surface area contributed by atoms with Crippen molar-refractivity contribution in [3.8, 4) is 0 Å². The average Bonchev–Trinajstić information content (AvgIpc) is 3.00. The summed E-state index contributed by atoms with van der Waals surface area (Å²) in [4.78, 5) is 31.1. The van der Waals surface area contributed by atoms with Crippen LogP contribution in [0.15, 0.2) is 35.4 Å². The van der Waals surface area contributed by atoms with E-state index in [0.29, 0.717) is 17.5 Å². The second kappa shape index (κ2) is 9.93. The van der Waals surface area contributed by atoms with E-state index >= 15 is 0 Å².